The normalized spacial score (nSPS) is 11.2. The van der Waals surface area contributed by atoms with Crippen LogP contribution in [0.2, 0.25) is 5.02 Å². The summed E-state index contributed by atoms with van der Waals surface area (Å²) in [7, 11) is 0. The number of halogens is 1. The average molecular weight is 580 g/mol. The molecule has 1 aromatic heterocycles. The van der Waals surface area contributed by atoms with E-state index in [9.17, 15) is 14.7 Å². The molecule has 0 atom stereocenters. The first-order chi connectivity index (χ1) is 19.4. The third kappa shape index (κ3) is 8.31. The molecule has 4 rings (SSSR count). The molecule has 0 bridgehead atoms. The van der Waals surface area contributed by atoms with Gasteiger partial charge in [0.25, 0.3) is 0 Å². The van der Waals surface area contributed by atoms with Gasteiger partial charge in [-0.15, -0.1) is 11.8 Å². The van der Waals surface area contributed by atoms with Crippen molar-refractivity contribution >= 4 is 58.4 Å². The van der Waals surface area contributed by atoms with Gasteiger partial charge in [0, 0.05) is 22.2 Å². The molecule has 7 nitrogen and oxygen atoms in total. The van der Waals surface area contributed by atoms with Crippen LogP contribution in [0.3, 0.4) is 0 Å². The van der Waals surface area contributed by atoms with Crippen LogP contribution in [0.25, 0.3) is 23.1 Å². The van der Waals surface area contributed by atoms with Crippen LogP contribution in [0.1, 0.15) is 30.4 Å². The van der Waals surface area contributed by atoms with Gasteiger partial charge in [0.05, 0.1) is 30.2 Å². The number of rotatable bonds is 15. The first-order valence-electron chi connectivity index (χ1n) is 12.9. The summed E-state index contributed by atoms with van der Waals surface area (Å²) in [6, 6.07) is 21.0. The molecule has 0 unspecified atom stereocenters. The first-order valence-corrected chi connectivity index (χ1v) is 14.2. The van der Waals surface area contributed by atoms with E-state index in [0.29, 0.717) is 29.7 Å². The van der Waals surface area contributed by atoms with Gasteiger partial charge in [-0.2, -0.15) is 0 Å². The highest BCUT2D eigenvalue weighted by molar-refractivity contribution is 7.99. The van der Waals surface area contributed by atoms with Gasteiger partial charge in [-0.1, -0.05) is 66.2 Å². The predicted octanol–water partition coefficient (Wildman–Crippen LogP) is 7.35. The van der Waals surface area contributed by atoms with Crippen LogP contribution in [0, 0.1) is 0 Å². The van der Waals surface area contributed by atoms with E-state index in [1.165, 1.54) is 11.8 Å². The van der Waals surface area contributed by atoms with Gasteiger partial charge in [-0.25, -0.2) is 0 Å². The molecule has 1 heterocycles. The minimum absolute atomic E-state index is 0.0353. The van der Waals surface area contributed by atoms with Crippen molar-refractivity contribution in [2.45, 2.75) is 30.7 Å². The average Bonchev–Trinajstić information content (AvgIpc) is 3.28. The number of thioether (sulfide) groups is 1. The van der Waals surface area contributed by atoms with Crippen LogP contribution in [-0.2, 0) is 16.1 Å². The fourth-order valence-electron chi connectivity index (χ4n) is 4.12. The zero-order chi connectivity index (χ0) is 28.3. The third-order valence-electron chi connectivity index (χ3n) is 6.01. The molecule has 0 aliphatic carbocycles. The summed E-state index contributed by atoms with van der Waals surface area (Å²) in [6.07, 6.45) is 7.45. The van der Waals surface area contributed by atoms with Crippen LogP contribution in [0.15, 0.2) is 77.8 Å². The van der Waals surface area contributed by atoms with Gasteiger partial charge >= 0.3 is 11.9 Å². The van der Waals surface area contributed by atoms with Gasteiger partial charge in [-0.05, 0) is 48.2 Å². The van der Waals surface area contributed by atoms with E-state index >= 15 is 0 Å². The standard InChI is InChI=1S/C31H30ClNO6S/c32-26-8-1-2-9-27(26)39-18-4-3-17-38-24-14-11-22(12-15-24)10-13-23-6-5-7-25-28(40-19-16-29(34)35)20-33(31(23)25)21-30(36)37/h1-2,5-15,20H,3-4,16-19,21H2,(H,34,35)(H,36,37). The van der Waals surface area contributed by atoms with Gasteiger partial charge in [0.15, 0.2) is 0 Å². The molecule has 208 valence electrons. The Hall–Kier alpha value is -3.88. The van der Waals surface area contributed by atoms with E-state index in [-0.39, 0.29) is 13.0 Å². The second-order valence-corrected chi connectivity index (χ2v) is 10.5. The molecule has 0 aliphatic rings. The molecule has 9 heteroatoms. The number of hydrogen-bond donors (Lipinski definition) is 2. The minimum atomic E-state index is -0.943. The molecule has 0 spiro atoms. The molecule has 0 amide bonds. The van der Waals surface area contributed by atoms with E-state index in [4.69, 9.17) is 26.2 Å². The fourth-order valence-corrected chi connectivity index (χ4v) is 5.33. The fraction of sp³-hybridized carbons (Fsp3) is 0.226. The SMILES string of the molecule is O=C(O)CCSc1cn(CC(=O)O)c2c(C=Cc3ccc(OCCCCOc4ccccc4Cl)cc3)cccc12. The van der Waals surface area contributed by atoms with E-state index in [1.807, 2.05) is 72.8 Å². The van der Waals surface area contributed by atoms with E-state index in [1.54, 1.807) is 16.8 Å². The summed E-state index contributed by atoms with van der Waals surface area (Å²) in [5.74, 6) is 0.0778. The van der Waals surface area contributed by atoms with Crippen molar-refractivity contribution in [3.63, 3.8) is 0 Å². The maximum absolute atomic E-state index is 11.5. The van der Waals surface area contributed by atoms with Crippen molar-refractivity contribution in [3.05, 3.63) is 89.1 Å². The lowest BCUT2D eigenvalue weighted by molar-refractivity contribution is -0.138. The highest BCUT2D eigenvalue weighted by Gasteiger charge is 2.14. The largest absolute Gasteiger partial charge is 0.494 e. The van der Waals surface area contributed by atoms with Crippen LogP contribution in [0.5, 0.6) is 11.5 Å². The van der Waals surface area contributed by atoms with Crippen molar-refractivity contribution in [2.75, 3.05) is 19.0 Å². The Labute approximate surface area is 242 Å². The Morgan fingerprint density at radius 1 is 0.875 bits per heavy atom. The molecule has 0 aliphatic heterocycles. The number of hydrogen-bond acceptors (Lipinski definition) is 5. The molecule has 4 aromatic rings. The molecule has 0 radical (unpaired) electrons. The van der Waals surface area contributed by atoms with Crippen LogP contribution < -0.4 is 9.47 Å². The van der Waals surface area contributed by atoms with Gasteiger partial charge < -0.3 is 24.3 Å². The Balaban J connectivity index is 1.35. The van der Waals surface area contributed by atoms with Crippen LogP contribution in [-0.4, -0.2) is 45.7 Å². The number of fused-ring (bicyclic) bond motifs is 1. The van der Waals surface area contributed by atoms with Crippen molar-refractivity contribution in [1.82, 2.24) is 4.57 Å². The molecule has 0 fully saturated rings. The minimum Gasteiger partial charge on any atom is -0.494 e. The summed E-state index contributed by atoms with van der Waals surface area (Å²) < 4.78 is 13.3. The van der Waals surface area contributed by atoms with Crippen molar-refractivity contribution in [3.8, 4) is 11.5 Å². The Kier molecular flexibility index (Phi) is 10.5. The smallest absolute Gasteiger partial charge is 0.323 e. The summed E-state index contributed by atoms with van der Waals surface area (Å²) in [4.78, 5) is 23.3. The number of aliphatic carboxylic acids is 2. The van der Waals surface area contributed by atoms with Crippen molar-refractivity contribution in [2.24, 2.45) is 0 Å². The lowest BCUT2D eigenvalue weighted by Gasteiger charge is -2.09. The van der Waals surface area contributed by atoms with Crippen molar-refractivity contribution < 1.29 is 29.3 Å². The Morgan fingerprint density at radius 3 is 2.35 bits per heavy atom. The maximum atomic E-state index is 11.5. The highest BCUT2D eigenvalue weighted by Crippen LogP contribution is 2.33. The molecule has 2 N–H and O–H groups in total. The third-order valence-corrected chi connectivity index (χ3v) is 7.37. The van der Waals surface area contributed by atoms with Crippen LogP contribution in [0.4, 0.5) is 0 Å². The second-order valence-electron chi connectivity index (χ2n) is 8.99. The van der Waals surface area contributed by atoms with Crippen LogP contribution >= 0.6 is 23.4 Å². The predicted molar refractivity (Wildman–Crippen MR) is 160 cm³/mol. The number of carbonyl (C=O) groups is 2. The monoisotopic (exact) mass is 579 g/mol. The second kappa shape index (κ2) is 14.5. The number of unbranched alkanes of at least 4 members (excludes halogenated alkanes) is 1. The maximum Gasteiger partial charge on any atom is 0.323 e. The number of carboxylic acids is 2. The van der Waals surface area contributed by atoms with Gasteiger partial charge in [0.1, 0.15) is 18.0 Å². The van der Waals surface area contributed by atoms with E-state index in [0.717, 1.165) is 45.5 Å². The zero-order valence-corrected chi connectivity index (χ0v) is 23.4. The number of carboxylic acid groups (broad SMARTS) is 2. The van der Waals surface area contributed by atoms with E-state index in [2.05, 4.69) is 0 Å². The quantitative estimate of drug-likeness (QED) is 0.0862. The number of benzene rings is 3. The number of ether oxygens (including phenoxy) is 2. The topological polar surface area (TPSA) is 98.0 Å². The lowest BCUT2D eigenvalue weighted by Crippen LogP contribution is -2.07. The van der Waals surface area contributed by atoms with Gasteiger partial charge in [-0.3, -0.25) is 9.59 Å². The number of nitrogens with zero attached hydrogens (tertiary/aromatic N) is 1. The summed E-state index contributed by atoms with van der Waals surface area (Å²) >= 11 is 7.51. The van der Waals surface area contributed by atoms with E-state index < -0.39 is 11.9 Å². The molecule has 40 heavy (non-hydrogen) atoms. The lowest BCUT2D eigenvalue weighted by atomic mass is 10.1. The molecule has 3 aromatic carbocycles. The summed E-state index contributed by atoms with van der Waals surface area (Å²) in [5, 5.41) is 19.9. The van der Waals surface area contributed by atoms with Crippen molar-refractivity contribution in [1.29, 1.82) is 0 Å². The van der Waals surface area contributed by atoms with Gasteiger partial charge in [0.2, 0.25) is 0 Å². The molecular formula is C31H30ClNO6S. The molecule has 0 saturated heterocycles. The summed E-state index contributed by atoms with van der Waals surface area (Å²) in [5.41, 5.74) is 2.66. The Morgan fingerprint density at radius 2 is 1.62 bits per heavy atom. The molecule has 0 saturated carbocycles. The highest BCUT2D eigenvalue weighted by atomic mass is 35.5. The molecular weight excluding hydrogens is 550 g/mol. The zero-order valence-electron chi connectivity index (χ0n) is 21.8. The number of para-hydroxylation sites is 2. The summed E-state index contributed by atoms with van der Waals surface area (Å²) in [6.45, 7) is 0.970. The number of aromatic nitrogens is 1. The Bertz CT molecular complexity index is 1480. The first kappa shape index (κ1) is 29.1.